The Morgan fingerprint density at radius 3 is 2.24 bits per heavy atom. The Labute approximate surface area is 144 Å². The van der Waals surface area contributed by atoms with Crippen molar-refractivity contribution in [3.63, 3.8) is 0 Å². The molecular weight excluding hydrogens is 353 g/mol. The summed E-state index contributed by atoms with van der Waals surface area (Å²) in [6.07, 6.45) is -3.20. The molecule has 0 heterocycles. The largest absolute Gasteiger partial charge is 0.416 e. The molecule has 1 N–H and O–H groups in total. The molecule has 0 amide bonds. The van der Waals surface area contributed by atoms with Crippen LogP contribution in [-0.4, -0.2) is 22.5 Å². The Kier molecular flexibility index (Phi) is 5.42. The summed E-state index contributed by atoms with van der Waals surface area (Å²) in [6, 6.07) is 11.6. The van der Waals surface area contributed by atoms with Crippen LogP contribution in [0.1, 0.15) is 11.1 Å². The second-order valence-corrected chi connectivity index (χ2v) is 7.05. The lowest BCUT2D eigenvalue weighted by Gasteiger charge is -2.19. The van der Waals surface area contributed by atoms with Crippen molar-refractivity contribution in [3.05, 3.63) is 65.1 Å². The van der Waals surface area contributed by atoms with Gasteiger partial charge in [0.2, 0.25) is 0 Å². The third-order valence-electron chi connectivity index (χ3n) is 3.30. The average Bonchev–Trinajstić information content (AvgIpc) is 2.52. The molecule has 0 aliphatic heterocycles. The van der Waals surface area contributed by atoms with E-state index in [0.717, 1.165) is 17.5 Å². The van der Waals surface area contributed by atoms with Gasteiger partial charge >= 0.3 is 6.18 Å². The molecule has 0 saturated heterocycles. The molecule has 2 rings (SSSR count). The van der Waals surface area contributed by atoms with E-state index in [1.165, 1.54) is 17.0 Å². The lowest BCUT2D eigenvalue weighted by molar-refractivity contribution is -0.137. The molecule has 2 aromatic carbocycles. The summed E-state index contributed by atoms with van der Waals surface area (Å²) in [6.45, 7) is 0. The summed E-state index contributed by atoms with van der Waals surface area (Å²) in [5.74, 6) is 0. The number of hydrogen-bond donors (Lipinski definition) is 1. The second kappa shape index (κ2) is 7.18. The van der Waals surface area contributed by atoms with E-state index in [4.69, 9.17) is 0 Å². The second-order valence-electron chi connectivity index (χ2n) is 5.48. The van der Waals surface area contributed by atoms with Gasteiger partial charge in [-0.25, -0.2) is 8.42 Å². The first-order valence-corrected chi connectivity index (χ1v) is 8.78. The topological polar surface area (TPSA) is 49.4 Å². The maximum absolute atomic E-state index is 12.9. The van der Waals surface area contributed by atoms with Crippen molar-refractivity contribution in [1.29, 1.82) is 0 Å². The van der Waals surface area contributed by atoms with Crippen LogP contribution in [0.2, 0.25) is 0 Å². The van der Waals surface area contributed by atoms with E-state index in [-0.39, 0.29) is 5.69 Å². The van der Waals surface area contributed by atoms with Crippen LogP contribution >= 0.6 is 0 Å². The van der Waals surface area contributed by atoms with Crippen molar-refractivity contribution in [2.75, 3.05) is 23.7 Å². The van der Waals surface area contributed by atoms with E-state index in [2.05, 4.69) is 4.72 Å². The number of benzene rings is 2. The van der Waals surface area contributed by atoms with Crippen LogP contribution in [0, 0.1) is 0 Å². The van der Waals surface area contributed by atoms with Crippen molar-refractivity contribution >= 4 is 27.5 Å². The SMILES string of the molecule is CN(C)c1ccc(C(F)(F)F)cc1NS(=O)(=O)C=Cc1ccccc1. The molecule has 8 heteroatoms. The number of nitrogens with zero attached hydrogens (tertiary/aromatic N) is 1. The highest BCUT2D eigenvalue weighted by atomic mass is 32.2. The Hall–Kier alpha value is -2.48. The number of sulfonamides is 1. The molecule has 0 aromatic heterocycles. The van der Waals surface area contributed by atoms with E-state index in [0.29, 0.717) is 11.3 Å². The van der Waals surface area contributed by atoms with Gasteiger partial charge in [-0.2, -0.15) is 13.2 Å². The van der Waals surface area contributed by atoms with Crippen molar-refractivity contribution in [3.8, 4) is 0 Å². The maximum atomic E-state index is 12.9. The maximum Gasteiger partial charge on any atom is 0.416 e. The van der Waals surface area contributed by atoms with Crippen LogP contribution in [0.15, 0.2) is 53.9 Å². The van der Waals surface area contributed by atoms with E-state index < -0.39 is 21.8 Å². The molecule has 134 valence electrons. The molecule has 0 fully saturated rings. The van der Waals surface area contributed by atoms with Gasteiger partial charge in [0.15, 0.2) is 0 Å². The van der Waals surface area contributed by atoms with Crippen molar-refractivity contribution < 1.29 is 21.6 Å². The number of alkyl halides is 3. The zero-order valence-corrected chi connectivity index (χ0v) is 14.4. The van der Waals surface area contributed by atoms with Crippen LogP contribution in [-0.2, 0) is 16.2 Å². The molecule has 0 spiro atoms. The zero-order chi connectivity index (χ0) is 18.7. The van der Waals surface area contributed by atoms with E-state index in [1.807, 2.05) is 0 Å². The van der Waals surface area contributed by atoms with Gasteiger partial charge in [-0.05, 0) is 29.8 Å². The highest BCUT2D eigenvalue weighted by molar-refractivity contribution is 7.95. The number of hydrogen-bond acceptors (Lipinski definition) is 3. The molecule has 4 nitrogen and oxygen atoms in total. The van der Waals surface area contributed by atoms with Crippen LogP contribution < -0.4 is 9.62 Å². The summed E-state index contributed by atoms with van der Waals surface area (Å²) in [5.41, 5.74) is -0.0881. The minimum atomic E-state index is -4.56. The van der Waals surface area contributed by atoms with Gasteiger partial charge in [0, 0.05) is 14.1 Å². The molecule has 2 aromatic rings. The average molecular weight is 370 g/mol. The minimum absolute atomic E-state index is 0.141. The smallest absolute Gasteiger partial charge is 0.376 e. The number of halogens is 3. The fourth-order valence-corrected chi connectivity index (χ4v) is 2.98. The Balaban J connectivity index is 2.35. The summed E-state index contributed by atoms with van der Waals surface area (Å²) >= 11 is 0. The van der Waals surface area contributed by atoms with Gasteiger partial charge < -0.3 is 4.90 Å². The number of nitrogens with one attached hydrogen (secondary N) is 1. The molecule has 0 bridgehead atoms. The molecular formula is C17H17F3N2O2S. The van der Waals surface area contributed by atoms with Gasteiger partial charge in [0.1, 0.15) is 0 Å². The summed E-state index contributed by atoms with van der Waals surface area (Å²) in [5, 5.41) is 0.919. The lowest BCUT2D eigenvalue weighted by atomic mass is 10.1. The number of rotatable bonds is 5. The third kappa shape index (κ3) is 5.25. The zero-order valence-electron chi connectivity index (χ0n) is 13.6. The predicted octanol–water partition coefficient (Wildman–Crippen LogP) is 4.18. The molecule has 0 aliphatic carbocycles. The molecule has 0 radical (unpaired) electrons. The van der Waals surface area contributed by atoms with Gasteiger partial charge in [0.05, 0.1) is 22.3 Å². The minimum Gasteiger partial charge on any atom is -0.376 e. The Bertz CT molecular complexity index is 861. The van der Waals surface area contributed by atoms with Crippen molar-refractivity contribution in [2.45, 2.75) is 6.18 Å². The Morgan fingerprint density at radius 2 is 1.68 bits per heavy atom. The highest BCUT2D eigenvalue weighted by Crippen LogP contribution is 2.35. The van der Waals surface area contributed by atoms with Gasteiger partial charge in [0.25, 0.3) is 10.0 Å². The first-order chi connectivity index (χ1) is 11.6. The standard InChI is InChI=1S/C17H17F3N2O2S/c1-22(2)16-9-8-14(17(18,19)20)12-15(16)21-25(23,24)11-10-13-6-4-3-5-7-13/h3-12,21H,1-2H3. The molecule has 25 heavy (non-hydrogen) atoms. The van der Waals surface area contributed by atoms with Crippen molar-refractivity contribution in [2.24, 2.45) is 0 Å². The predicted molar refractivity (Wildman–Crippen MR) is 93.8 cm³/mol. The summed E-state index contributed by atoms with van der Waals surface area (Å²) < 4.78 is 65.3. The quantitative estimate of drug-likeness (QED) is 0.859. The van der Waals surface area contributed by atoms with E-state index in [1.54, 1.807) is 44.4 Å². The fraction of sp³-hybridized carbons (Fsp3) is 0.176. The summed E-state index contributed by atoms with van der Waals surface area (Å²) in [7, 11) is -0.753. The van der Waals surface area contributed by atoms with Gasteiger partial charge in [-0.3, -0.25) is 4.72 Å². The van der Waals surface area contributed by atoms with Crippen LogP contribution in [0.25, 0.3) is 6.08 Å². The molecule has 0 unspecified atom stereocenters. The number of anilines is 2. The first-order valence-electron chi connectivity index (χ1n) is 7.23. The third-order valence-corrected chi connectivity index (χ3v) is 4.30. The van der Waals surface area contributed by atoms with E-state index >= 15 is 0 Å². The fourth-order valence-electron chi connectivity index (χ4n) is 2.10. The Morgan fingerprint density at radius 1 is 1.04 bits per heavy atom. The summed E-state index contributed by atoms with van der Waals surface area (Å²) in [4.78, 5) is 1.53. The van der Waals surface area contributed by atoms with Gasteiger partial charge in [-0.15, -0.1) is 0 Å². The van der Waals surface area contributed by atoms with Gasteiger partial charge in [-0.1, -0.05) is 30.3 Å². The van der Waals surface area contributed by atoms with Crippen LogP contribution in [0.4, 0.5) is 24.5 Å². The molecule has 0 saturated carbocycles. The lowest BCUT2D eigenvalue weighted by Crippen LogP contribution is -2.17. The van der Waals surface area contributed by atoms with Crippen LogP contribution in [0.3, 0.4) is 0 Å². The molecule has 0 aliphatic rings. The van der Waals surface area contributed by atoms with Crippen molar-refractivity contribution in [1.82, 2.24) is 0 Å². The van der Waals surface area contributed by atoms with E-state index in [9.17, 15) is 21.6 Å². The highest BCUT2D eigenvalue weighted by Gasteiger charge is 2.31. The molecule has 0 atom stereocenters. The van der Waals surface area contributed by atoms with Crippen LogP contribution in [0.5, 0.6) is 0 Å². The monoisotopic (exact) mass is 370 g/mol. The normalized spacial score (nSPS) is 12.4. The first kappa shape index (κ1) is 18.9.